The molecule has 0 aliphatic rings. The molecule has 5 nitrogen and oxygen atoms in total. The van der Waals surface area contributed by atoms with Crippen LogP contribution in [0.1, 0.15) is 0 Å². The van der Waals surface area contributed by atoms with Crippen molar-refractivity contribution in [1.82, 2.24) is 18.9 Å². The lowest BCUT2D eigenvalue weighted by molar-refractivity contribution is 0.665. The highest BCUT2D eigenvalue weighted by molar-refractivity contribution is 6.95. The summed E-state index contributed by atoms with van der Waals surface area (Å²) in [6, 6.07) is 47.2. The maximum atomic E-state index is 6.62. The molecule has 0 bridgehead atoms. The molecule has 9 rings (SSSR count). The van der Waals surface area contributed by atoms with Gasteiger partial charge in [-0.1, -0.05) is 107 Å². The molecule has 0 amide bonds. The Hall–Kier alpha value is -5.46. The molecule has 0 spiro atoms. The summed E-state index contributed by atoms with van der Waals surface area (Å²) >= 11 is 0. The van der Waals surface area contributed by atoms with Crippen molar-refractivity contribution in [2.24, 2.45) is 0 Å². The van der Waals surface area contributed by atoms with Crippen molar-refractivity contribution in [3.05, 3.63) is 140 Å². The Bertz CT molecular complexity index is 2380. The Morgan fingerprint density at radius 3 is 2.02 bits per heavy atom. The molecular formula is C36H24N4OSi. The van der Waals surface area contributed by atoms with Gasteiger partial charge in [0.1, 0.15) is 19.9 Å². The van der Waals surface area contributed by atoms with Gasteiger partial charge in [-0.25, -0.2) is 4.98 Å². The quantitative estimate of drug-likeness (QED) is 0.198. The average molecular weight is 557 g/mol. The van der Waals surface area contributed by atoms with Crippen LogP contribution in [0.5, 0.6) is 0 Å². The van der Waals surface area contributed by atoms with E-state index in [0.29, 0.717) is 0 Å². The van der Waals surface area contributed by atoms with Crippen molar-refractivity contribution in [3.8, 4) is 5.69 Å². The molecule has 0 atom stereocenters. The van der Waals surface area contributed by atoms with Gasteiger partial charge in [0.2, 0.25) is 5.78 Å². The van der Waals surface area contributed by atoms with Crippen molar-refractivity contribution in [2.45, 2.75) is 0 Å². The molecule has 4 heterocycles. The highest BCUT2D eigenvalue weighted by Gasteiger charge is 2.23. The van der Waals surface area contributed by atoms with Gasteiger partial charge in [-0.15, -0.1) is 0 Å². The zero-order valence-corrected chi connectivity index (χ0v) is 23.7. The van der Waals surface area contributed by atoms with Gasteiger partial charge < -0.3 is 4.42 Å². The minimum Gasteiger partial charge on any atom is -0.452 e. The minimum atomic E-state index is -1.71. The predicted octanol–water partition coefficient (Wildman–Crippen LogP) is 5.97. The lowest BCUT2D eigenvalue weighted by Crippen LogP contribution is -2.51. The van der Waals surface area contributed by atoms with Gasteiger partial charge in [0.25, 0.3) is 0 Å². The number of nitrogens with zero attached hydrogens (tertiary/aromatic N) is 4. The molecule has 9 aromatic rings. The molecule has 0 radical (unpaired) electrons. The van der Waals surface area contributed by atoms with Crippen LogP contribution in [0.25, 0.3) is 55.6 Å². The highest BCUT2D eigenvalue weighted by atomic mass is 28.3. The first-order valence-electron chi connectivity index (χ1n) is 14.1. The third kappa shape index (κ3) is 3.36. The van der Waals surface area contributed by atoms with E-state index in [2.05, 4.69) is 130 Å². The number of rotatable bonds is 4. The summed E-state index contributed by atoms with van der Waals surface area (Å²) in [4.78, 5) is 9.93. The molecule has 42 heavy (non-hydrogen) atoms. The summed E-state index contributed by atoms with van der Waals surface area (Å²) < 4.78 is 11.1. The Morgan fingerprint density at radius 1 is 0.595 bits per heavy atom. The van der Waals surface area contributed by atoms with Gasteiger partial charge in [0, 0.05) is 11.6 Å². The Morgan fingerprint density at radius 2 is 1.26 bits per heavy atom. The maximum Gasteiger partial charge on any atom is 0.220 e. The molecule has 0 fully saturated rings. The standard InChI is InChI=1S/C36H24N4OSi/c1-3-11-24(12-4-1)42(25-13-5-2-6-14-25)26-19-20-33-27(23-26)34-35(41-33)32(21-22-37-34)40-31-18-10-9-17-30(31)39-29-16-8-7-15-28(29)38-36(39)40/h1-23,42H. The van der Waals surface area contributed by atoms with Gasteiger partial charge in [0.05, 0.1) is 27.8 Å². The molecule has 6 heteroatoms. The van der Waals surface area contributed by atoms with Gasteiger partial charge in [0.15, 0.2) is 5.58 Å². The molecule has 0 aliphatic heterocycles. The van der Waals surface area contributed by atoms with E-state index in [9.17, 15) is 0 Å². The van der Waals surface area contributed by atoms with Crippen LogP contribution < -0.4 is 15.6 Å². The topological polar surface area (TPSA) is 48.3 Å². The highest BCUT2D eigenvalue weighted by Crippen LogP contribution is 2.35. The summed E-state index contributed by atoms with van der Waals surface area (Å²) in [5, 5.41) is 5.15. The van der Waals surface area contributed by atoms with E-state index in [1.807, 2.05) is 18.3 Å². The second-order valence-corrected chi connectivity index (χ2v) is 13.5. The van der Waals surface area contributed by atoms with E-state index in [1.54, 1.807) is 0 Å². The van der Waals surface area contributed by atoms with Gasteiger partial charge in [-0.3, -0.25) is 14.0 Å². The molecule has 0 unspecified atom stereocenters. The summed E-state index contributed by atoms with van der Waals surface area (Å²) in [6.07, 6.45) is 1.89. The van der Waals surface area contributed by atoms with Gasteiger partial charge >= 0.3 is 0 Å². The largest absolute Gasteiger partial charge is 0.452 e. The molecule has 5 aromatic carbocycles. The Labute approximate surface area is 242 Å². The first kappa shape index (κ1) is 23.3. The molecule has 0 saturated heterocycles. The fourth-order valence-electron chi connectivity index (χ4n) is 6.47. The van der Waals surface area contributed by atoms with Gasteiger partial charge in [-0.05, 0) is 42.5 Å². The van der Waals surface area contributed by atoms with E-state index in [0.717, 1.165) is 55.6 Å². The normalized spacial score (nSPS) is 12.0. The molecule has 0 aliphatic carbocycles. The number of benzene rings is 5. The molecule has 4 aromatic heterocycles. The lowest BCUT2D eigenvalue weighted by Gasteiger charge is -2.17. The summed E-state index contributed by atoms with van der Waals surface area (Å²) in [6.45, 7) is 0. The average Bonchev–Trinajstić information content (AvgIpc) is 3.71. The zero-order valence-electron chi connectivity index (χ0n) is 22.6. The second-order valence-electron chi connectivity index (χ2n) is 10.7. The summed E-state index contributed by atoms with van der Waals surface area (Å²) in [5.74, 6) is 0.853. The fourth-order valence-corrected chi connectivity index (χ4v) is 9.47. The van der Waals surface area contributed by atoms with Crippen molar-refractivity contribution in [3.63, 3.8) is 0 Å². The van der Waals surface area contributed by atoms with Crippen LogP contribution >= 0.6 is 0 Å². The summed E-state index contributed by atoms with van der Waals surface area (Å²) in [5.41, 5.74) is 7.61. The van der Waals surface area contributed by atoms with Crippen LogP contribution in [0.3, 0.4) is 0 Å². The number of fused-ring (bicyclic) bond motifs is 8. The van der Waals surface area contributed by atoms with E-state index >= 15 is 0 Å². The Balaban J connectivity index is 1.30. The number of aromatic nitrogens is 4. The fraction of sp³-hybridized carbons (Fsp3) is 0. The first-order chi connectivity index (χ1) is 20.8. The minimum absolute atomic E-state index is 0.762. The number of pyridine rings is 1. The number of imidazole rings is 2. The number of furan rings is 1. The second kappa shape index (κ2) is 9.02. The van der Waals surface area contributed by atoms with E-state index in [4.69, 9.17) is 14.4 Å². The van der Waals surface area contributed by atoms with Crippen molar-refractivity contribution >= 4 is 74.3 Å². The smallest absolute Gasteiger partial charge is 0.220 e. The van der Waals surface area contributed by atoms with Gasteiger partial charge in [-0.2, -0.15) is 0 Å². The van der Waals surface area contributed by atoms with Crippen LogP contribution in [-0.4, -0.2) is 27.7 Å². The van der Waals surface area contributed by atoms with Crippen LogP contribution in [0.2, 0.25) is 0 Å². The molecule has 198 valence electrons. The Kier molecular flexibility index (Phi) is 5.00. The maximum absolute atomic E-state index is 6.62. The van der Waals surface area contributed by atoms with E-state index < -0.39 is 8.80 Å². The molecule has 0 N–H and O–H groups in total. The molecular weight excluding hydrogens is 533 g/mol. The molecule has 0 saturated carbocycles. The van der Waals surface area contributed by atoms with Crippen molar-refractivity contribution in [1.29, 1.82) is 0 Å². The van der Waals surface area contributed by atoms with Crippen molar-refractivity contribution in [2.75, 3.05) is 0 Å². The van der Waals surface area contributed by atoms with E-state index in [-0.39, 0.29) is 0 Å². The first-order valence-corrected chi connectivity index (χ1v) is 15.9. The van der Waals surface area contributed by atoms with Crippen LogP contribution in [0, 0.1) is 0 Å². The third-order valence-corrected chi connectivity index (χ3v) is 11.4. The van der Waals surface area contributed by atoms with Crippen molar-refractivity contribution < 1.29 is 4.42 Å². The number of hydrogen-bond acceptors (Lipinski definition) is 3. The van der Waals surface area contributed by atoms with Crippen LogP contribution in [0.4, 0.5) is 0 Å². The summed E-state index contributed by atoms with van der Waals surface area (Å²) in [7, 11) is -1.71. The monoisotopic (exact) mass is 556 g/mol. The van der Waals surface area contributed by atoms with Crippen LogP contribution in [-0.2, 0) is 0 Å². The SMILES string of the molecule is c1ccc([SiH](c2ccccc2)c2ccc3oc4c(-n5c6ccccc6n6c7ccccc7nc56)ccnc4c3c2)cc1. The lowest BCUT2D eigenvalue weighted by atomic mass is 10.2. The number of hydrogen-bond donors (Lipinski definition) is 0. The zero-order chi connectivity index (χ0) is 27.6. The third-order valence-electron chi connectivity index (χ3n) is 8.30. The van der Waals surface area contributed by atoms with Crippen LogP contribution in [0.15, 0.2) is 144 Å². The number of para-hydroxylation sites is 4. The predicted molar refractivity (Wildman–Crippen MR) is 174 cm³/mol. The van der Waals surface area contributed by atoms with E-state index in [1.165, 1.54) is 15.6 Å².